The molecule has 21 nitrogen and oxygen atoms in total. The molecule has 0 amide bonds. The molecule has 1 fully saturated rings. The summed E-state index contributed by atoms with van der Waals surface area (Å²) in [5.74, 6) is -4.37. The number of esters is 2. The highest BCUT2D eigenvalue weighted by Crippen LogP contribution is 2.60. The first-order valence-corrected chi connectivity index (χ1v) is 29.8. The highest BCUT2D eigenvalue weighted by molar-refractivity contribution is 7.61. The summed E-state index contributed by atoms with van der Waals surface area (Å²) in [6.45, 7) is 3.75. The lowest BCUT2D eigenvalue weighted by atomic mass is 9.83. The number of fused-ring (bicyclic) bond motifs is 3. The van der Waals surface area contributed by atoms with Gasteiger partial charge in [0.1, 0.15) is 36.6 Å². The maximum Gasteiger partial charge on any atom is 0.481 e. The Morgan fingerprint density at radius 1 is 0.851 bits per heavy atom. The third-order valence-electron chi connectivity index (χ3n) is 13.1. The number of anilines is 1. The number of hydrogen-bond acceptors (Lipinski definition) is 18. The highest BCUT2D eigenvalue weighted by Gasteiger charge is 2.45. The van der Waals surface area contributed by atoms with E-state index in [9.17, 15) is 58.5 Å². The molecule has 3 rings (SSSR count). The van der Waals surface area contributed by atoms with Crippen molar-refractivity contribution in [3.8, 4) is 0 Å². The molecule has 1 aromatic rings. The number of nitrogens with two attached hydrogens (primary N) is 1. The number of ether oxygens (including phenoxy) is 3. The van der Waals surface area contributed by atoms with Gasteiger partial charge in [-0.25, -0.2) is 13.9 Å². The van der Waals surface area contributed by atoms with Crippen LogP contribution in [0.5, 0.6) is 0 Å². The number of phosphoric acid groups is 2. The number of rotatable bonds is 24. The topological polar surface area (TPSA) is 323 Å². The second-order valence-electron chi connectivity index (χ2n) is 20.0. The van der Waals surface area contributed by atoms with E-state index in [-0.39, 0.29) is 37.9 Å². The second kappa shape index (κ2) is 35.3. The predicted molar refractivity (Wildman–Crippen MR) is 276 cm³/mol. The molecule has 3 heterocycles. The molecule has 1 aromatic heterocycles. The number of carbonyl (C=O) groups excluding carboxylic acids is 3. The molecule has 2 bridgehead atoms. The van der Waals surface area contributed by atoms with Crippen LogP contribution in [0.1, 0.15) is 181 Å². The quantitative estimate of drug-likeness (QED) is 0.0224. The zero-order chi connectivity index (χ0) is 54.5. The third kappa shape index (κ3) is 26.3. The van der Waals surface area contributed by atoms with Crippen LogP contribution in [-0.2, 0) is 51.1 Å². The van der Waals surface area contributed by atoms with E-state index < -0.39 is 120 Å². The summed E-state index contributed by atoms with van der Waals surface area (Å²) in [4.78, 5) is 78.5. The van der Waals surface area contributed by atoms with Crippen LogP contribution in [0.3, 0.4) is 0 Å². The zero-order valence-corrected chi connectivity index (χ0v) is 45.6. The minimum atomic E-state index is -5.72. The summed E-state index contributed by atoms with van der Waals surface area (Å²) in [6, 6.07) is 1.21. The Hall–Kier alpha value is -3.17. The molecule has 74 heavy (non-hydrogen) atoms. The average molecular weight is 1090 g/mol. The van der Waals surface area contributed by atoms with Gasteiger partial charge >= 0.3 is 33.3 Å². The van der Waals surface area contributed by atoms with Gasteiger partial charge < -0.3 is 50.2 Å². The first-order valence-electron chi connectivity index (χ1n) is 26.8. The first-order chi connectivity index (χ1) is 35.2. The number of ketones is 1. The van der Waals surface area contributed by atoms with Crippen LogP contribution < -0.4 is 11.4 Å². The van der Waals surface area contributed by atoms with Gasteiger partial charge in [0, 0.05) is 31.4 Å². The molecule has 2 unspecified atom stereocenters. The summed E-state index contributed by atoms with van der Waals surface area (Å²) in [5.41, 5.74) is 4.73. The number of nitrogen functional groups attached to an aromatic ring is 1. The minimum absolute atomic E-state index is 0.00150. The minimum Gasteiger partial charge on any atom is -0.462 e. The molecular weight excluding hydrogens is 1000 g/mol. The molecule has 424 valence electrons. The summed E-state index contributed by atoms with van der Waals surface area (Å²) < 4.78 is 59.0. The molecule has 0 aromatic carbocycles. The third-order valence-corrected chi connectivity index (χ3v) is 15.7. The van der Waals surface area contributed by atoms with Crippen molar-refractivity contribution < 1.29 is 81.3 Å². The van der Waals surface area contributed by atoms with E-state index in [1.807, 2.05) is 6.92 Å². The molecule has 0 spiro atoms. The summed E-state index contributed by atoms with van der Waals surface area (Å²) in [5, 5.41) is 45.5. The van der Waals surface area contributed by atoms with Crippen molar-refractivity contribution in [1.82, 2.24) is 9.55 Å². The number of unbranched alkanes of at least 4 members (excludes halogenated alkanes) is 14. The van der Waals surface area contributed by atoms with Gasteiger partial charge in [-0.3, -0.25) is 28.0 Å². The van der Waals surface area contributed by atoms with Gasteiger partial charge in [0.25, 0.3) is 0 Å². The Morgan fingerprint density at radius 2 is 1.46 bits per heavy atom. The number of hydrogen-bond donors (Lipinski definition) is 7. The average Bonchev–Trinajstić information content (AvgIpc) is 3.32. The number of allylic oxidation sites excluding steroid dienone is 2. The van der Waals surface area contributed by atoms with E-state index in [0.717, 1.165) is 61.6 Å². The van der Waals surface area contributed by atoms with Crippen LogP contribution >= 0.6 is 15.6 Å². The Balaban J connectivity index is 1.77. The number of cyclic esters (lactones) is 1. The van der Waals surface area contributed by atoms with Crippen molar-refractivity contribution >= 4 is 39.2 Å². The molecule has 0 saturated carbocycles. The molecule has 0 radical (unpaired) electrons. The number of aliphatic hydroxyl groups excluding tert-OH is 4. The van der Waals surface area contributed by atoms with E-state index in [1.54, 1.807) is 12.2 Å². The van der Waals surface area contributed by atoms with Crippen LogP contribution in [0.25, 0.3) is 0 Å². The lowest BCUT2D eigenvalue weighted by Crippen LogP contribution is -2.51. The van der Waals surface area contributed by atoms with Gasteiger partial charge in [-0.2, -0.15) is 9.29 Å². The summed E-state index contributed by atoms with van der Waals surface area (Å²) >= 11 is 0. The van der Waals surface area contributed by atoms with Gasteiger partial charge in [-0.15, -0.1) is 0 Å². The van der Waals surface area contributed by atoms with Crippen LogP contribution in [-0.4, -0.2) is 114 Å². The van der Waals surface area contributed by atoms with Crippen molar-refractivity contribution in [2.24, 2.45) is 17.8 Å². The normalized spacial score (nSPS) is 29.4. The monoisotopic (exact) mass is 1090 g/mol. The van der Waals surface area contributed by atoms with Crippen LogP contribution in [0, 0.1) is 17.8 Å². The number of nitrogens with zero attached hydrogens (tertiary/aromatic N) is 2. The fourth-order valence-corrected chi connectivity index (χ4v) is 10.9. The van der Waals surface area contributed by atoms with E-state index in [1.165, 1.54) is 69.6 Å². The number of carbonyl (C=O) groups is 3. The van der Waals surface area contributed by atoms with Gasteiger partial charge in [0.15, 0.2) is 6.10 Å². The number of phosphoric ester groups is 2. The number of aliphatic hydroxyl groups is 4. The zero-order valence-electron chi connectivity index (χ0n) is 43.8. The molecule has 23 heteroatoms. The molecule has 2 aliphatic rings. The second-order valence-corrected chi connectivity index (χ2v) is 23.0. The fourth-order valence-electron chi connectivity index (χ4n) is 8.78. The first kappa shape index (κ1) is 65.1. The van der Waals surface area contributed by atoms with Crippen LogP contribution in [0.4, 0.5) is 5.82 Å². The molecule has 8 N–H and O–H groups in total. The van der Waals surface area contributed by atoms with Crippen LogP contribution in [0.2, 0.25) is 0 Å². The number of aromatic nitrogens is 2. The van der Waals surface area contributed by atoms with Crippen molar-refractivity contribution in [3.63, 3.8) is 0 Å². The maximum absolute atomic E-state index is 14.3. The standard InChI is InChI=1S/C51H87N3O18P2/c1-4-5-19-25-38(55)29-30-40-42(56)33-43(57)41-26-21-17-18-22-27-46(58)67-34-39(70-47(59)28-23-16-14-12-10-8-6-7-9-11-13-15-20-24-37(2)3)35-68-73(63,64)72-74(65,66)69-36-44(49(61)48(40)60)71-50(41)54-32-31-45(52)53-51(54)62/h17,21,29-32,37-42,44,48-50,55-56,60-61H,4-16,18-20,22-28,33-36H2,1-3H3,(H,63,64)(H,65,66)(H2,52,53,62)/b21-17-,30-29?/t38-,39+,40-,41-,42+,44+,48-,49+,50+/m0/s1. The largest absolute Gasteiger partial charge is 0.481 e. The molecule has 11 atom stereocenters. The smallest absolute Gasteiger partial charge is 0.462 e. The van der Waals surface area contributed by atoms with Crippen molar-refractivity contribution in [3.05, 3.63) is 47.1 Å². The van der Waals surface area contributed by atoms with Gasteiger partial charge in [0.05, 0.1) is 37.4 Å². The van der Waals surface area contributed by atoms with E-state index in [2.05, 4.69) is 23.1 Å². The van der Waals surface area contributed by atoms with E-state index in [4.69, 9.17) is 29.0 Å². The highest BCUT2D eigenvalue weighted by atomic mass is 31.3. The Kier molecular flexibility index (Phi) is 31.0. The summed E-state index contributed by atoms with van der Waals surface area (Å²) in [6.07, 6.45) is 12.8. The summed E-state index contributed by atoms with van der Waals surface area (Å²) in [7, 11) is -11.3. The van der Waals surface area contributed by atoms with Crippen molar-refractivity contribution in [2.75, 3.05) is 25.6 Å². The molecular formula is C51H87N3O18P2. The number of Topliss-reactive ketones (excluding diaryl/α,β-unsaturated/α-hetero) is 1. The van der Waals surface area contributed by atoms with Gasteiger partial charge in [-0.05, 0) is 44.1 Å². The fraction of sp³-hybridized carbons (Fsp3) is 0.784. The van der Waals surface area contributed by atoms with Gasteiger partial charge in [0.2, 0.25) is 0 Å². The molecule has 1 saturated heterocycles. The van der Waals surface area contributed by atoms with Gasteiger partial charge in [-0.1, -0.05) is 148 Å². The predicted octanol–water partition coefficient (Wildman–Crippen LogP) is 7.84. The Morgan fingerprint density at radius 3 is 2.08 bits per heavy atom. The maximum atomic E-state index is 14.3. The molecule has 2 aliphatic heterocycles. The SMILES string of the molecule is CCCCC[C@H](O)C=C[C@@H]1[C@H](O)[C@H](O)[C@H]2COP(=O)(O)OP(=O)(O)OC[C@H](OC(=O)CCCCCCCCCCCCCCCC(C)C)COC(=O)CCC/C=C\C[C@@H](C(=O)C[C@H]1O)[C@H](n1ccc(N)nc1=O)O2. The van der Waals surface area contributed by atoms with Crippen molar-refractivity contribution in [1.29, 1.82) is 0 Å². The lowest BCUT2D eigenvalue weighted by Gasteiger charge is -2.38. The van der Waals surface area contributed by atoms with Crippen molar-refractivity contribution in [2.45, 2.75) is 218 Å². The van der Waals surface area contributed by atoms with Crippen LogP contribution in [0.15, 0.2) is 41.4 Å². The molecule has 0 aliphatic carbocycles. The van der Waals surface area contributed by atoms with E-state index in [0.29, 0.717) is 19.3 Å². The van der Waals surface area contributed by atoms with E-state index >= 15 is 0 Å². The lowest BCUT2D eigenvalue weighted by molar-refractivity contribution is -0.183. The Bertz CT molecular complexity index is 2020. The Labute approximate surface area is 436 Å².